The highest BCUT2D eigenvalue weighted by molar-refractivity contribution is 5.88. The van der Waals surface area contributed by atoms with Gasteiger partial charge in [-0.1, -0.05) is 45.2 Å². The minimum atomic E-state index is -0.431. The molecule has 0 amide bonds. The highest BCUT2D eigenvalue weighted by atomic mass is 16.5. The average Bonchev–Trinajstić information content (AvgIpc) is 2.62. The molecule has 0 spiro atoms. The fourth-order valence-electron chi connectivity index (χ4n) is 2.77. The van der Waals surface area contributed by atoms with Crippen LogP contribution in [-0.4, -0.2) is 11.9 Å². The van der Waals surface area contributed by atoms with Crippen LogP contribution in [0.15, 0.2) is 72.6 Å². The molecule has 0 saturated heterocycles. The zero-order valence-corrected chi connectivity index (χ0v) is 16.4. The first-order valence-corrected chi connectivity index (χ1v) is 8.85. The quantitative estimate of drug-likeness (QED) is 0.403. The molecule has 0 radical (unpaired) electrons. The van der Waals surface area contributed by atoms with Crippen molar-refractivity contribution in [3.63, 3.8) is 0 Å². The summed E-state index contributed by atoms with van der Waals surface area (Å²) >= 11 is 0. The second-order valence-corrected chi connectivity index (χ2v) is 7.39. The van der Waals surface area contributed by atoms with Crippen molar-refractivity contribution in [1.82, 2.24) is 0 Å². The van der Waals surface area contributed by atoms with Crippen LogP contribution >= 0.6 is 0 Å². The van der Waals surface area contributed by atoms with E-state index in [-0.39, 0.29) is 11.3 Å². The van der Waals surface area contributed by atoms with E-state index < -0.39 is 11.9 Å². The average molecular weight is 366 g/mol. The normalized spacial score (nSPS) is 16.3. The van der Waals surface area contributed by atoms with Crippen LogP contribution in [0.4, 0.5) is 0 Å². The van der Waals surface area contributed by atoms with Crippen LogP contribution in [0.25, 0.3) is 0 Å². The van der Waals surface area contributed by atoms with Gasteiger partial charge in [0.1, 0.15) is 11.5 Å². The van der Waals surface area contributed by atoms with Crippen LogP contribution in [0.1, 0.15) is 39.7 Å². The first-order chi connectivity index (χ1) is 12.6. The summed E-state index contributed by atoms with van der Waals surface area (Å²) in [4.78, 5) is 23.2. The van der Waals surface area contributed by atoms with Crippen molar-refractivity contribution in [3.8, 4) is 5.75 Å². The Bertz CT molecular complexity index is 822. The molecule has 1 atom stereocenters. The van der Waals surface area contributed by atoms with Gasteiger partial charge in [0.25, 0.3) is 0 Å². The number of allylic oxidation sites excluding steroid dienone is 3. The zero-order valence-electron chi connectivity index (χ0n) is 16.4. The lowest BCUT2D eigenvalue weighted by Crippen LogP contribution is -2.28. The summed E-state index contributed by atoms with van der Waals surface area (Å²) in [6, 6.07) is 7.52. The number of benzene rings is 1. The van der Waals surface area contributed by atoms with Crippen molar-refractivity contribution >= 4 is 11.9 Å². The third-order valence-electron chi connectivity index (χ3n) is 4.71. The summed E-state index contributed by atoms with van der Waals surface area (Å²) in [6.07, 6.45) is 6.58. The molecule has 4 nitrogen and oxygen atoms in total. The molecular formula is C23H26O4. The Labute approximate surface area is 160 Å². The van der Waals surface area contributed by atoms with Gasteiger partial charge in [-0.2, -0.15) is 0 Å². The predicted octanol–water partition coefficient (Wildman–Crippen LogP) is 5.03. The molecular weight excluding hydrogens is 340 g/mol. The Balaban J connectivity index is 2.06. The summed E-state index contributed by atoms with van der Waals surface area (Å²) in [5.41, 5.74) is 1.72. The highest BCUT2D eigenvalue weighted by Gasteiger charge is 2.30. The van der Waals surface area contributed by atoms with Gasteiger partial charge in [-0.05, 0) is 61.4 Å². The van der Waals surface area contributed by atoms with Crippen molar-refractivity contribution in [1.29, 1.82) is 0 Å². The van der Waals surface area contributed by atoms with E-state index in [4.69, 9.17) is 9.47 Å². The van der Waals surface area contributed by atoms with Gasteiger partial charge in [-0.15, -0.1) is 0 Å². The number of carbonyl (C=O) groups is 2. The zero-order chi connectivity index (χ0) is 20.2. The SMILES string of the molecule is C=C(C)C(=O)OC1=CCC(C(C)(C)c2ccc(OC(=O)C(=C)C)cc2)C=C1. The lowest BCUT2D eigenvalue weighted by atomic mass is 9.71. The topological polar surface area (TPSA) is 52.6 Å². The van der Waals surface area contributed by atoms with Gasteiger partial charge in [0.15, 0.2) is 0 Å². The van der Waals surface area contributed by atoms with Crippen LogP contribution in [0.2, 0.25) is 0 Å². The molecule has 0 saturated carbocycles. The van der Waals surface area contributed by atoms with E-state index in [9.17, 15) is 9.59 Å². The third kappa shape index (κ3) is 5.07. The molecule has 0 aromatic heterocycles. The van der Waals surface area contributed by atoms with E-state index in [1.807, 2.05) is 24.3 Å². The Morgan fingerprint density at radius 1 is 1.00 bits per heavy atom. The molecule has 1 aliphatic carbocycles. The summed E-state index contributed by atoms with van der Waals surface area (Å²) in [5.74, 6) is 0.448. The summed E-state index contributed by atoms with van der Waals surface area (Å²) in [6.45, 7) is 14.7. The van der Waals surface area contributed by atoms with E-state index in [0.717, 1.165) is 12.0 Å². The predicted molar refractivity (Wildman–Crippen MR) is 106 cm³/mol. The molecule has 1 unspecified atom stereocenters. The maximum atomic E-state index is 11.6. The Morgan fingerprint density at radius 3 is 2.04 bits per heavy atom. The van der Waals surface area contributed by atoms with Crippen LogP contribution in [0.3, 0.4) is 0 Å². The monoisotopic (exact) mass is 366 g/mol. The molecule has 0 N–H and O–H groups in total. The van der Waals surface area contributed by atoms with E-state index in [1.54, 1.807) is 26.0 Å². The fourth-order valence-corrected chi connectivity index (χ4v) is 2.77. The second-order valence-electron chi connectivity index (χ2n) is 7.39. The highest BCUT2D eigenvalue weighted by Crippen LogP contribution is 2.38. The van der Waals surface area contributed by atoms with Gasteiger partial charge in [0.2, 0.25) is 0 Å². The smallest absolute Gasteiger partial charge is 0.338 e. The van der Waals surface area contributed by atoms with Gasteiger partial charge in [-0.3, -0.25) is 0 Å². The van der Waals surface area contributed by atoms with Crippen LogP contribution in [0.5, 0.6) is 5.75 Å². The minimum absolute atomic E-state index is 0.145. The van der Waals surface area contributed by atoms with E-state index in [2.05, 4.69) is 33.1 Å². The first-order valence-electron chi connectivity index (χ1n) is 8.85. The number of esters is 2. The summed E-state index contributed by atoms with van der Waals surface area (Å²) < 4.78 is 10.5. The van der Waals surface area contributed by atoms with Crippen LogP contribution < -0.4 is 4.74 Å². The molecule has 27 heavy (non-hydrogen) atoms. The molecule has 1 aliphatic rings. The van der Waals surface area contributed by atoms with Crippen molar-refractivity contribution in [3.05, 3.63) is 78.1 Å². The Kier molecular flexibility index (Phi) is 6.21. The van der Waals surface area contributed by atoms with Crippen molar-refractivity contribution in [2.45, 2.75) is 39.5 Å². The number of hydrogen-bond acceptors (Lipinski definition) is 4. The minimum Gasteiger partial charge on any atom is -0.424 e. The fraction of sp³-hybridized carbons (Fsp3) is 0.304. The third-order valence-corrected chi connectivity index (χ3v) is 4.71. The Morgan fingerprint density at radius 2 is 1.56 bits per heavy atom. The van der Waals surface area contributed by atoms with Crippen LogP contribution in [-0.2, 0) is 19.7 Å². The van der Waals surface area contributed by atoms with Crippen molar-refractivity contribution < 1.29 is 19.1 Å². The Hall–Kier alpha value is -2.88. The lowest BCUT2D eigenvalue weighted by molar-refractivity contribution is -0.134. The summed E-state index contributed by atoms with van der Waals surface area (Å²) in [5, 5.41) is 0. The summed E-state index contributed by atoms with van der Waals surface area (Å²) in [7, 11) is 0. The van der Waals surface area contributed by atoms with Crippen molar-refractivity contribution in [2.24, 2.45) is 5.92 Å². The number of rotatable bonds is 6. The number of hydrogen-bond donors (Lipinski definition) is 0. The van der Waals surface area contributed by atoms with E-state index in [0.29, 0.717) is 22.7 Å². The molecule has 1 aromatic rings. The largest absolute Gasteiger partial charge is 0.424 e. The first kappa shape index (κ1) is 20.4. The molecule has 4 heteroatoms. The van der Waals surface area contributed by atoms with E-state index >= 15 is 0 Å². The lowest BCUT2D eigenvalue weighted by Gasteiger charge is -2.34. The molecule has 0 heterocycles. The van der Waals surface area contributed by atoms with Gasteiger partial charge in [-0.25, -0.2) is 9.59 Å². The second kappa shape index (κ2) is 8.21. The van der Waals surface area contributed by atoms with Gasteiger partial charge in [0.05, 0.1) is 0 Å². The van der Waals surface area contributed by atoms with Gasteiger partial charge in [0, 0.05) is 11.1 Å². The van der Waals surface area contributed by atoms with Crippen molar-refractivity contribution in [2.75, 3.05) is 0 Å². The van der Waals surface area contributed by atoms with Gasteiger partial charge >= 0.3 is 11.9 Å². The molecule has 0 fully saturated rings. The van der Waals surface area contributed by atoms with Crippen LogP contribution in [0, 0.1) is 5.92 Å². The van der Waals surface area contributed by atoms with Gasteiger partial charge < -0.3 is 9.47 Å². The standard InChI is InChI=1S/C23H26O4/c1-15(2)21(24)26-19-11-7-17(8-12-19)23(5,6)18-9-13-20(14-10-18)27-22(25)16(3)4/h7-9,11-14,18H,1,3,10H2,2,4-6H3. The molecule has 142 valence electrons. The maximum absolute atomic E-state index is 11.6. The number of ether oxygens (including phenoxy) is 2. The molecule has 1 aromatic carbocycles. The number of carbonyl (C=O) groups excluding carboxylic acids is 2. The van der Waals surface area contributed by atoms with E-state index in [1.165, 1.54) is 0 Å². The molecule has 2 rings (SSSR count). The maximum Gasteiger partial charge on any atom is 0.338 e. The molecule has 0 bridgehead atoms. The molecule has 0 aliphatic heterocycles.